The summed E-state index contributed by atoms with van der Waals surface area (Å²) in [5.41, 5.74) is 0.303. The Labute approximate surface area is 88.8 Å². The van der Waals surface area contributed by atoms with Crippen molar-refractivity contribution in [2.24, 2.45) is 0 Å². The van der Waals surface area contributed by atoms with E-state index >= 15 is 0 Å². The molecule has 6 heteroatoms. The molecule has 0 saturated heterocycles. The lowest BCUT2D eigenvalue weighted by atomic mass is 9.82. The van der Waals surface area contributed by atoms with E-state index in [1.54, 1.807) is 7.11 Å². The topological polar surface area (TPSA) is 71.8 Å². The monoisotopic (exact) mass is 211 g/mol. The Morgan fingerprint density at radius 3 is 2.80 bits per heavy atom. The Morgan fingerprint density at radius 2 is 2.20 bits per heavy atom. The minimum absolute atomic E-state index is 0.108. The maximum absolute atomic E-state index is 8.92. The molecule has 1 atom stereocenters. The van der Waals surface area contributed by atoms with Crippen molar-refractivity contribution in [3.05, 3.63) is 18.5 Å². The van der Waals surface area contributed by atoms with E-state index in [2.05, 4.69) is 4.98 Å². The largest absolute Gasteiger partial charge is 0.490 e. The fraction of sp³-hybridized carbons (Fsp3) is 0.444. The third kappa shape index (κ3) is 3.87. The fourth-order valence-electron chi connectivity index (χ4n) is 1.14. The summed E-state index contributed by atoms with van der Waals surface area (Å²) < 4.78 is 10.3. The SMILES string of the molecule is COCC(C)Oc1cncc(B(O)O)c1. The number of rotatable bonds is 5. The number of aromatic nitrogens is 1. The summed E-state index contributed by atoms with van der Waals surface area (Å²) in [6.45, 7) is 2.32. The highest BCUT2D eigenvalue weighted by atomic mass is 16.5. The molecule has 0 saturated carbocycles. The summed E-state index contributed by atoms with van der Waals surface area (Å²) in [4.78, 5) is 3.83. The van der Waals surface area contributed by atoms with E-state index in [9.17, 15) is 0 Å². The molecule has 0 aliphatic carbocycles. The molecule has 82 valence electrons. The van der Waals surface area contributed by atoms with Crippen LogP contribution in [0.25, 0.3) is 0 Å². The van der Waals surface area contributed by atoms with Crippen LogP contribution in [0.5, 0.6) is 5.75 Å². The molecule has 0 aliphatic heterocycles. The number of nitrogens with zero attached hydrogens (tertiary/aromatic N) is 1. The first kappa shape index (κ1) is 12.0. The van der Waals surface area contributed by atoms with Gasteiger partial charge in [0.1, 0.15) is 11.9 Å². The van der Waals surface area contributed by atoms with Crippen molar-refractivity contribution in [1.29, 1.82) is 0 Å². The molecule has 15 heavy (non-hydrogen) atoms. The van der Waals surface area contributed by atoms with Crippen LogP contribution in [0.3, 0.4) is 0 Å². The number of ether oxygens (including phenoxy) is 2. The number of methoxy groups -OCH3 is 1. The van der Waals surface area contributed by atoms with Gasteiger partial charge in [0, 0.05) is 18.8 Å². The Hall–Kier alpha value is -1.11. The van der Waals surface area contributed by atoms with Crippen LogP contribution in [0.1, 0.15) is 6.92 Å². The van der Waals surface area contributed by atoms with Gasteiger partial charge in [0.15, 0.2) is 0 Å². The maximum atomic E-state index is 8.92. The molecule has 1 aromatic rings. The lowest BCUT2D eigenvalue weighted by Gasteiger charge is -2.13. The summed E-state index contributed by atoms with van der Waals surface area (Å²) in [7, 11) is 0.0604. The van der Waals surface area contributed by atoms with Crippen molar-refractivity contribution in [2.45, 2.75) is 13.0 Å². The van der Waals surface area contributed by atoms with Gasteiger partial charge < -0.3 is 19.5 Å². The summed E-state index contributed by atoms with van der Waals surface area (Å²) in [5, 5.41) is 17.8. The minimum atomic E-state index is -1.53. The van der Waals surface area contributed by atoms with Gasteiger partial charge in [-0.05, 0) is 13.0 Å². The average molecular weight is 211 g/mol. The van der Waals surface area contributed by atoms with Crippen molar-refractivity contribution in [1.82, 2.24) is 4.98 Å². The molecular weight excluding hydrogens is 197 g/mol. The molecule has 0 radical (unpaired) electrons. The zero-order valence-corrected chi connectivity index (χ0v) is 8.75. The van der Waals surface area contributed by atoms with E-state index in [-0.39, 0.29) is 6.10 Å². The smallest absolute Gasteiger partial charge is 0.487 e. The molecule has 1 heterocycles. The molecule has 1 rings (SSSR count). The number of hydrogen-bond donors (Lipinski definition) is 2. The third-order valence-corrected chi connectivity index (χ3v) is 1.77. The van der Waals surface area contributed by atoms with Crippen LogP contribution in [0.2, 0.25) is 0 Å². The van der Waals surface area contributed by atoms with Crippen LogP contribution in [-0.4, -0.2) is 42.0 Å². The third-order valence-electron chi connectivity index (χ3n) is 1.77. The summed E-state index contributed by atoms with van der Waals surface area (Å²) >= 11 is 0. The van der Waals surface area contributed by atoms with Crippen molar-refractivity contribution in [2.75, 3.05) is 13.7 Å². The Bertz CT molecular complexity index is 308. The standard InChI is InChI=1S/C9H14BNO4/c1-7(6-14-2)15-9-3-8(10(12)13)4-11-5-9/h3-5,7,12-13H,6H2,1-2H3. The molecule has 0 bridgehead atoms. The Kier molecular flexibility index (Phi) is 4.55. The van der Waals surface area contributed by atoms with E-state index in [1.807, 2.05) is 6.92 Å². The van der Waals surface area contributed by atoms with Crippen LogP contribution in [0.4, 0.5) is 0 Å². The van der Waals surface area contributed by atoms with Gasteiger partial charge in [-0.3, -0.25) is 4.98 Å². The van der Waals surface area contributed by atoms with Gasteiger partial charge in [0.05, 0.1) is 12.8 Å². The molecule has 5 nitrogen and oxygen atoms in total. The highest BCUT2D eigenvalue weighted by Gasteiger charge is 2.12. The second kappa shape index (κ2) is 5.70. The minimum Gasteiger partial charge on any atom is -0.487 e. The van der Waals surface area contributed by atoms with Crippen LogP contribution < -0.4 is 10.2 Å². The predicted molar refractivity (Wildman–Crippen MR) is 56.0 cm³/mol. The molecule has 1 unspecified atom stereocenters. The first-order valence-electron chi connectivity index (χ1n) is 4.60. The highest BCUT2D eigenvalue weighted by molar-refractivity contribution is 6.58. The molecule has 2 N–H and O–H groups in total. The molecule has 0 amide bonds. The van der Waals surface area contributed by atoms with E-state index < -0.39 is 7.12 Å². The second-order valence-corrected chi connectivity index (χ2v) is 3.21. The second-order valence-electron chi connectivity index (χ2n) is 3.21. The number of pyridine rings is 1. The fourth-order valence-corrected chi connectivity index (χ4v) is 1.14. The van der Waals surface area contributed by atoms with E-state index in [4.69, 9.17) is 19.5 Å². The van der Waals surface area contributed by atoms with Gasteiger partial charge in [-0.2, -0.15) is 0 Å². The van der Waals surface area contributed by atoms with Crippen molar-refractivity contribution < 1.29 is 19.5 Å². The van der Waals surface area contributed by atoms with Gasteiger partial charge >= 0.3 is 7.12 Å². The van der Waals surface area contributed by atoms with E-state index in [0.29, 0.717) is 17.8 Å². The molecule has 0 spiro atoms. The van der Waals surface area contributed by atoms with Gasteiger partial charge in [0.25, 0.3) is 0 Å². The average Bonchev–Trinajstić information content (AvgIpc) is 2.18. The summed E-state index contributed by atoms with van der Waals surface area (Å²) in [6.07, 6.45) is 2.78. The Balaban J connectivity index is 2.65. The Morgan fingerprint density at radius 1 is 1.47 bits per heavy atom. The molecule has 0 aliphatic rings. The zero-order chi connectivity index (χ0) is 11.3. The summed E-state index contributed by atoms with van der Waals surface area (Å²) in [6, 6.07) is 1.53. The van der Waals surface area contributed by atoms with Crippen molar-refractivity contribution in [3.8, 4) is 5.75 Å². The van der Waals surface area contributed by atoms with Crippen molar-refractivity contribution in [3.63, 3.8) is 0 Å². The normalized spacial score (nSPS) is 12.3. The van der Waals surface area contributed by atoms with Crippen LogP contribution in [0, 0.1) is 0 Å². The maximum Gasteiger partial charge on any atom is 0.490 e. The van der Waals surface area contributed by atoms with Gasteiger partial charge in [0.2, 0.25) is 0 Å². The van der Waals surface area contributed by atoms with Gasteiger partial charge in [-0.15, -0.1) is 0 Å². The highest BCUT2D eigenvalue weighted by Crippen LogP contribution is 2.08. The lowest BCUT2D eigenvalue weighted by molar-refractivity contribution is 0.0919. The van der Waals surface area contributed by atoms with Crippen LogP contribution in [0.15, 0.2) is 18.5 Å². The van der Waals surface area contributed by atoms with Crippen LogP contribution >= 0.6 is 0 Å². The first-order valence-corrected chi connectivity index (χ1v) is 4.60. The quantitative estimate of drug-likeness (QED) is 0.622. The van der Waals surface area contributed by atoms with E-state index in [0.717, 1.165) is 0 Å². The molecular formula is C9H14BNO4. The number of hydrogen-bond acceptors (Lipinski definition) is 5. The van der Waals surface area contributed by atoms with E-state index in [1.165, 1.54) is 18.5 Å². The first-order chi connectivity index (χ1) is 7.13. The van der Waals surface area contributed by atoms with Gasteiger partial charge in [-0.1, -0.05) is 0 Å². The summed E-state index contributed by atoms with van der Waals surface area (Å²) in [5.74, 6) is 0.491. The molecule has 0 aromatic carbocycles. The van der Waals surface area contributed by atoms with Crippen molar-refractivity contribution >= 4 is 12.6 Å². The van der Waals surface area contributed by atoms with Gasteiger partial charge in [-0.25, -0.2) is 0 Å². The zero-order valence-electron chi connectivity index (χ0n) is 8.75. The van der Waals surface area contributed by atoms with Crippen LogP contribution in [-0.2, 0) is 4.74 Å². The molecule has 1 aromatic heterocycles. The lowest BCUT2D eigenvalue weighted by Crippen LogP contribution is -2.30. The predicted octanol–water partition coefficient (Wildman–Crippen LogP) is -0.825. The molecule has 0 fully saturated rings.